The van der Waals surface area contributed by atoms with Crippen LogP contribution in [0.3, 0.4) is 0 Å². The zero-order valence-corrected chi connectivity index (χ0v) is 26.0. The minimum atomic E-state index is -3.48. The van der Waals surface area contributed by atoms with E-state index in [2.05, 4.69) is 33.9 Å². The maximum atomic E-state index is 13.2. The third kappa shape index (κ3) is 6.60. The Labute approximate surface area is 261 Å². The summed E-state index contributed by atoms with van der Waals surface area (Å²) >= 11 is 1.55. The highest BCUT2D eigenvalue weighted by Crippen LogP contribution is 2.34. The lowest BCUT2D eigenvalue weighted by Gasteiger charge is -2.14. The van der Waals surface area contributed by atoms with E-state index in [0.29, 0.717) is 23.8 Å². The van der Waals surface area contributed by atoms with Crippen LogP contribution in [-0.4, -0.2) is 41.9 Å². The second-order valence-corrected chi connectivity index (χ2v) is 13.3. The number of hydrogen-bond donors (Lipinski definition) is 0. The van der Waals surface area contributed by atoms with Gasteiger partial charge >= 0.3 is 0 Å². The van der Waals surface area contributed by atoms with Gasteiger partial charge in [0.05, 0.1) is 21.9 Å². The Hall–Kier alpha value is -4.31. The molecular weight excluding hydrogens is 589 g/mol. The van der Waals surface area contributed by atoms with Gasteiger partial charge in [0, 0.05) is 42.5 Å². The molecule has 44 heavy (non-hydrogen) atoms. The Balaban J connectivity index is 1.35. The lowest BCUT2D eigenvalue weighted by molar-refractivity contribution is 0.189. The fraction of sp³-hybridized carbons (Fsp3) is 0.171. The molecule has 0 N–H and O–H groups in total. The van der Waals surface area contributed by atoms with Crippen molar-refractivity contribution < 1.29 is 13.2 Å². The molecule has 0 fully saturated rings. The molecule has 0 saturated carbocycles. The molecule has 9 heteroatoms. The van der Waals surface area contributed by atoms with E-state index in [1.54, 1.807) is 43.1 Å². The molecule has 0 aliphatic carbocycles. The molecule has 0 unspecified atom stereocenters. The molecule has 0 atom stereocenters. The van der Waals surface area contributed by atoms with Crippen LogP contribution in [0, 0.1) is 0 Å². The SMILES string of the molecule is COCCCn1c(SCc2ccccc2CS(=O)(=O)c2ccccc2)nnc1-c1cc(-c2ccccc2)nc2ccccc12. The Bertz CT molecular complexity index is 1980. The normalized spacial score (nSPS) is 11.7. The minimum absolute atomic E-state index is 0.0647. The molecule has 2 aromatic heterocycles. The first-order valence-corrected chi connectivity index (χ1v) is 17.0. The largest absolute Gasteiger partial charge is 0.385 e. The van der Waals surface area contributed by atoms with E-state index in [4.69, 9.17) is 14.8 Å². The fourth-order valence-corrected chi connectivity index (χ4v) is 7.61. The summed E-state index contributed by atoms with van der Waals surface area (Å²) in [5.74, 6) is 1.25. The average molecular weight is 621 g/mol. The van der Waals surface area contributed by atoms with Crippen molar-refractivity contribution in [3.8, 4) is 22.6 Å². The highest BCUT2D eigenvalue weighted by molar-refractivity contribution is 7.98. The number of hydrogen-bond acceptors (Lipinski definition) is 7. The zero-order chi connectivity index (χ0) is 30.4. The maximum Gasteiger partial charge on any atom is 0.191 e. The predicted octanol–water partition coefficient (Wildman–Crippen LogP) is 7.46. The second-order valence-electron chi connectivity index (χ2n) is 10.4. The third-order valence-corrected chi connectivity index (χ3v) is 10.1. The first-order chi connectivity index (χ1) is 21.5. The van der Waals surface area contributed by atoms with Crippen molar-refractivity contribution in [3.63, 3.8) is 0 Å². The molecule has 0 saturated heterocycles. The molecule has 7 nitrogen and oxygen atoms in total. The van der Waals surface area contributed by atoms with E-state index < -0.39 is 9.84 Å². The van der Waals surface area contributed by atoms with Gasteiger partial charge in [-0.2, -0.15) is 0 Å². The number of sulfone groups is 1. The van der Waals surface area contributed by atoms with Crippen molar-refractivity contribution in [2.24, 2.45) is 0 Å². The van der Waals surface area contributed by atoms with Crippen molar-refractivity contribution in [1.82, 2.24) is 19.7 Å². The van der Waals surface area contributed by atoms with Gasteiger partial charge in [0.25, 0.3) is 0 Å². The first kappa shape index (κ1) is 29.7. The molecule has 222 valence electrons. The maximum absolute atomic E-state index is 13.2. The van der Waals surface area contributed by atoms with Crippen molar-refractivity contribution >= 4 is 32.5 Å². The Morgan fingerprint density at radius 3 is 2.25 bits per heavy atom. The van der Waals surface area contributed by atoms with Gasteiger partial charge in [-0.1, -0.05) is 103 Å². The van der Waals surface area contributed by atoms with E-state index in [0.717, 1.165) is 56.3 Å². The topological polar surface area (TPSA) is 87.0 Å². The third-order valence-electron chi connectivity index (χ3n) is 7.40. The number of nitrogens with zero attached hydrogens (tertiary/aromatic N) is 4. The summed E-state index contributed by atoms with van der Waals surface area (Å²) in [7, 11) is -1.78. The average Bonchev–Trinajstić information content (AvgIpc) is 3.47. The summed E-state index contributed by atoms with van der Waals surface area (Å²) in [6, 6.07) is 36.6. The second kappa shape index (κ2) is 13.5. The number of methoxy groups -OCH3 is 1. The van der Waals surface area contributed by atoms with Crippen LogP contribution < -0.4 is 0 Å². The van der Waals surface area contributed by atoms with Crippen molar-refractivity contribution in [2.45, 2.75) is 34.5 Å². The zero-order valence-electron chi connectivity index (χ0n) is 24.3. The molecule has 0 radical (unpaired) electrons. The number of pyridine rings is 1. The van der Waals surface area contributed by atoms with Crippen LogP contribution >= 0.6 is 11.8 Å². The van der Waals surface area contributed by atoms with E-state index in [1.165, 1.54) is 0 Å². The van der Waals surface area contributed by atoms with Gasteiger partial charge in [0.2, 0.25) is 0 Å². The van der Waals surface area contributed by atoms with Crippen LogP contribution in [0.1, 0.15) is 17.5 Å². The van der Waals surface area contributed by atoms with Gasteiger partial charge < -0.3 is 9.30 Å². The van der Waals surface area contributed by atoms with Gasteiger partial charge in [-0.05, 0) is 41.8 Å². The number of thioether (sulfide) groups is 1. The molecule has 0 bridgehead atoms. The predicted molar refractivity (Wildman–Crippen MR) is 176 cm³/mol. The highest BCUT2D eigenvalue weighted by atomic mass is 32.2. The van der Waals surface area contributed by atoms with Gasteiger partial charge in [-0.25, -0.2) is 13.4 Å². The van der Waals surface area contributed by atoms with Crippen molar-refractivity contribution in [1.29, 1.82) is 0 Å². The molecule has 4 aromatic carbocycles. The van der Waals surface area contributed by atoms with Crippen molar-refractivity contribution in [2.75, 3.05) is 13.7 Å². The molecule has 0 spiro atoms. The van der Waals surface area contributed by atoms with Gasteiger partial charge in [-0.15, -0.1) is 10.2 Å². The first-order valence-electron chi connectivity index (χ1n) is 14.4. The monoisotopic (exact) mass is 620 g/mol. The van der Waals surface area contributed by atoms with Crippen LogP contribution in [0.5, 0.6) is 0 Å². The summed E-state index contributed by atoms with van der Waals surface area (Å²) < 4.78 is 33.9. The lowest BCUT2D eigenvalue weighted by atomic mass is 10.0. The van der Waals surface area contributed by atoms with E-state index >= 15 is 0 Å². The number of ether oxygens (including phenoxy) is 1. The molecule has 0 aliphatic rings. The van der Waals surface area contributed by atoms with Crippen LogP contribution in [-0.2, 0) is 32.6 Å². The van der Waals surface area contributed by atoms with Crippen LogP contribution in [0.4, 0.5) is 0 Å². The Kier molecular flexibility index (Phi) is 9.16. The molecule has 0 amide bonds. The summed E-state index contributed by atoms with van der Waals surface area (Å²) in [5.41, 5.74) is 5.47. The van der Waals surface area contributed by atoms with E-state index in [9.17, 15) is 8.42 Å². The van der Waals surface area contributed by atoms with Crippen LogP contribution in [0.2, 0.25) is 0 Å². The fourth-order valence-electron chi connectivity index (χ4n) is 5.18. The Morgan fingerprint density at radius 1 is 0.795 bits per heavy atom. The molecule has 0 aliphatic heterocycles. The molecule has 2 heterocycles. The summed E-state index contributed by atoms with van der Waals surface area (Å²) in [6.45, 7) is 1.27. The highest BCUT2D eigenvalue weighted by Gasteiger charge is 2.20. The number of fused-ring (bicyclic) bond motifs is 1. The smallest absolute Gasteiger partial charge is 0.191 e. The van der Waals surface area contributed by atoms with Crippen molar-refractivity contribution in [3.05, 3.63) is 126 Å². The number of aromatic nitrogens is 4. The molecular formula is C35H32N4O3S2. The van der Waals surface area contributed by atoms with E-state index in [1.807, 2.05) is 66.7 Å². The summed E-state index contributed by atoms with van der Waals surface area (Å²) in [5, 5.41) is 11.1. The van der Waals surface area contributed by atoms with E-state index in [-0.39, 0.29) is 5.75 Å². The Morgan fingerprint density at radius 2 is 1.48 bits per heavy atom. The van der Waals surface area contributed by atoms with Gasteiger partial charge in [0.15, 0.2) is 20.8 Å². The summed E-state index contributed by atoms with van der Waals surface area (Å²) in [6.07, 6.45) is 0.787. The van der Waals surface area contributed by atoms with Crippen LogP contribution in [0.15, 0.2) is 125 Å². The standard InChI is InChI=1S/C35H32N4O3S2/c1-42-22-12-21-39-34(31-23-33(26-13-4-2-5-14-26)36-32-20-11-10-19-30(31)32)37-38-35(39)43-24-27-15-8-9-16-28(27)25-44(40,41)29-17-6-3-7-18-29/h2-11,13-20,23H,12,21-22,24-25H2,1H3. The minimum Gasteiger partial charge on any atom is -0.385 e. The van der Waals surface area contributed by atoms with Gasteiger partial charge in [0.1, 0.15) is 0 Å². The summed E-state index contributed by atoms with van der Waals surface area (Å²) in [4.78, 5) is 5.27. The number of rotatable bonds is 12. The molecule has 6 rings (SSSR count). The van der Waals surface area contributed by atoms with Crippen LogP contribution in [0.25, 0.3) is 33.5 Å². The number of benzene rings is 4. The lowest BCUT2D eigenvalue weighted by Crippen LogP contribution is -2.07. The molecule has 6 aromatic rings. The quantitative estimate of drug-likeness (QED) is 0.104. The van der Waals surface area contributed by atoms with Gasteiger partial charge in [-0.3, -0.25) is 0 Å². The number of para-hydroxylation sites is 1.